The molecule has 0 aromatic heterocycles. The number of rotatable bonds is 2. The van der Waals surface area contributed by atoms with Crippen LogP contribution >= 0.6 is 15.9 Å². The van der Waals surface area contributed by atoms with E-state index in [9.17, 15) is 4.79 Å². The fraction of sp³-hybridized carbons (Fsp3) is 0.550. The van der Waals surface area contributed by atoms with Gasteiger partial charge in [0, 0.05) is 4.83 Å². The summed E-state index contributed by atoms with van der Waals surface area (Å²) in [5.41, 5.74) is 2.11. The van der Waals surface area contributed by atoms with Gasteiger partial charge in [-0.25, -0.2) is 4.79 Å². The summed E-state index contributed by atoms with van der Waals surface area (Å²) in [5, 5.41) is 3.04. The zero-order valence-corrected chi connectivity index (χ0v) is 16.3. The molecule has 2 heterocycles. The first-order valence-electron chi connectivity index (χ1n) is 9.41. The van der Waals surface area contributed by atoms with E-state index in [1.54, 1.807) is 0 Å². The Morgan fingerprint density at radius 2 is 2.07 bits per heavy atom. The van der Waals surface area contributed by atoms with Crippen molar-refractivity contribution in [1.29, 1.82) is 0 Å². The van der Waals surface area contributed by atoms with E-state index in [-0.39, 0.29) is 25.0 Å². The van der Waals surface area contributed by atoms with Gasteiger partial charge in [-0.2, -0.15) is 0 Å². The second-order valence-corrected chi connectivity index (χ2v) is 9.09. The van der Waals surface area contributed by atoms with Crippen LogP contribution in [0.3, 0.4) is 0 Å². The van der Waals surface area contributed by atoms with Crippen LogP contribution in [0.1, 0.15) is 12.0 Å². The van der Waals surface area contributed by atoms with Gasteiger partial charge in [0.05, 0.1) is 25.4 Å². The molecule has 3 aliphatic carbocycles. The molecule has 1 aromatic rings. The van der Waals surface area contributed by atoms with E-state index in [4.69, 9.17) is 18.9 Å². The maximum atomic E-state index is 12.1. The predicted octanol–water partition coefficient (Wildman–Crippen LogP) is 2.95. The van der Waals surface area contributed by atoms with Crippen LogP contribution in [0.2, 0.25) is 0 Å². The summed E-state index contributed by atoms with van der Waals surface area (Å²) in [7, 11) is 1.39. The zero-order valence-electron chi connectivity index (χ0n) is 14.8. The number of alkyl halides is 1. The van der Waals surface area contributed by atoms with Gasteiger partial charge in [-0.1, -0.05) is 28.1 Å². The highest BCUT2D eigenvalue weighted by Crippen LogP contribution is 2.64. The Morgan fingerprint density at radius 3 is 2.93 bits per heavy atom. The molecule has 1 saturated heterocycles. The summed E-state index contributed by atoms with van der Waals surface area (Å²) in [6.07, 6.45) is 3.35. The largest absolute Gasteiger partial charge is 0.454 e. The van der Waals surface area contributed by atoms with Gasteiger partial charge in [-0.15, -0.1) is 0 Å². The minimum atomic E-state index is -0.433. The van der Waals surface area contributed by atoms with E-state index in [1.807, 2.05) is 18.2 Å². The number of halogens is 1. The Labute approximate surface area is 165 Å². The average molecular weight is 434 g/mol. The number of benzene rings is 1. The van der Waals surface area contributed by atoms with Crippen LogP contribution in [0.4, 0.5) is 4.79 Å². The Kier molecular flexibility index (Phi) is 3.39. The second kappa shape index (κ2) is 5.64. The summed E-state index contributed by atoms with van der Waals surface area (Å²) < 4.78 is 22.4. The van der Waals surface area contributed by atoms with E-state index < -0.39 is 6.09 Å². The average Bonchev–Trinajstić information content (AvgIpc) is 3.41. The number of hydrogen-bond acceptors (Lipinski definition) is 5. The monoisotopic (exact) mass is 433 g/mol. The number of ether oxygens (including phenoxy) is 4. The summed E-state index contributed by atoms with van der Waals surface area (Å²) >= 11 is 3.88. The molecule has 6 nitrogen and oxygen atoms in total. The molecule has 142 valence electrons. The number of carbonyl (C=O) groups excluding carboxylic acids is 1. The van der Waals surface area contributed by atoms with Crippen molar-refractivity contribution in [3.8, 4) is 11.5 Å². The molecule has 3 fully saturated rings. The Balaban J connectivity index is 1.45. The van der Waals surface area contributed by atoms with Crippen molar-refractivity contribution < 1.29 is 23.7 Å². The maximum absolute atomic E-state index is 12.1. The Hall–Kier alpha value is -1.73. The standard InChI is InChI=1S/C20H20BrNO5/c1-24-20(23)22-17-9(8-2-3-13-14(4-8)26-7-25-13)5-10-11-6-12-15(10)19(17)27-18(12)16(11)21/h2-5,10-12,15-19H,6-7H2,1H3,(H,22,23)/t10-,11-,12+,15-,16-,17+,18-,19+/m0/s1. The molecule has 0 radical (unpaired) electrons. The van der Waals surface area contributed by atoms with Gasteiger partial charge in [-0.3, -0.25) is 0 Å². The fourth-order valence-electron chi connectivity index (χ4n) is 6.01. The van der Waals surface area contributed by atoms with Gasteiger partial charge >= 0.3 is 6.09 Å². The van der Waals surface area contributed by atoms with Crippen LogP contribution in [0.15, 0.2) is 24.3 Å². The van der Waals surface area contributed by atoms with Crippen molar-refractivity contribution >= 4 is 27.6 Å². The second-order valence-electron chi connectivity index (χ2n) is 8.03. The van der Waals surface area contributed by atoms with E-state index in [0.717, 1.165) is 22.6 Å². The van der Waals surface area contributed by atoms with Gasteiger partial charge in [0.1, 0.15) is 0 Å². The van der Waals surface area contributed by atoms with E-state index in [1.165, 1.54) is 13.5 Å². The molecule has 0 spiro atoms. The fourth-order valence-corrected chi connectivity index (χ4v) is 7.09. The molecule has 5 aliphatic rings. The van der Waals surface area contributed by atoms with Crippen molar-refractivity contribution in [3.63, 3.8) is 0 Å². The highest BCUT2D eigenvalue weighted by Gasteiger charge is 2.67. The molecule has 6 rings (SSSR count). The van der Waals surface area contributed by atoms with Crippen molar-refractivity contribution in [1.82, 2.24) is 5.32 Å². The lowest BCUT2D eigenvalue weighted by Gasteiger charge is -2.38. The lowest BCUT2D eigenvalue weighted by atomic mass is 9.69. The molecule has 1 amide bonds. The van der Waals surface area contributed by atoms with Crippen LogP contribution in [0.5, 0.6) is 11.5 Å². The number of hydrogen-bond donors (Lipinski definition) is 1. The van der Waals surface area contributed by atoms with Gasteiger partial charge in [-0.05, 0) is 53.4 Å². The van der Waals surface area contributed by atoms with Crippen LogP contribution in [-0.4, -0.2) is 43.1 Å². The zero-order chi connectivity index (χ0) is 18.3. The molecule has 2 saturated carbocycles. The van der Waals surface area contributed by atoms with Gasteiger partial charge in [0.2, 0.25) is 6.79 Å². The van der Waals surface area contributed by atoms with E-state index in [0.29, 0.717) is 28.5 Å². The number of nitrogens with one attached hydrogen (secondary N) is 1. The number of amides is 1. The Morgan fingerprint density at radius 1 is 1.22 bits per heavy atom. The van der Waals surface area contributed by atoms with Gasteiger partial charge in [0.15, 0.2) is 11.5 Å². The maximum Gasteiger partial charge on any atom is 0.407 e. The van der Waals surface area contributed by atoms with Crippen LogP contribution < -0.4 is 14.8 Å². The molecule has 7 heteroatoms. The van der Waals surface area contributed by atoms with Crippen molar-refractivity contribution in [2.75, 3.05) is 13.9 Å². The van der Waals surface area contributed by atoms with Gasteiger partial charge < -0.3 is 24.3 Å². The normalized spacial score (nSPS) is 42.2. The molecular weight excluding hydrogens is 414 g/mol. The van der Waals surface area contributed by atoms with E-state index in [2.05, 4.69) is 27.3 Å². The predicted molar refractivity (Wildman–Crippen MR) is 99.8 cm³/mol. The molecule has 1 aromatic carbocycles. The summed E-state index contributed by atoms with van der Waals surface area (Å²) in [6.45, 7) is 0.245. The summed E-state index contributed by atoms with van der Waals surface area (Å²) in [4.78, 5) is 12.5. The quantitative estimate of drug-likeness (QED) is 0.726. The highest BCUT2D eigenvalue weighted by atomic mass is 79.9. The first-order valence-corrected chi connectivity index (χ1v) is 10.3. The third-order valence-corrected chi connectivity index (χ3v) is 8.22. The number of fused-ring (bicyclic) bond motifs is 3. The third-order valence-electron chi connectivity index (χ3n) is 7.02. The molecule has 27 heavy (non-hydrogen) atoms. The molecule has 8 atom stereocenters. The smallest absolute Gasteiger partial charge is 0.407 e. The number of carbonyl (C=O) groups is 1. The highest BCUT2D eigenvalue weighted by molar-refractivity contribution is 9.09. The van der Waals surface area contributed by atoms with E-state index >= 15 is 0 Å². The first kappa shape index (κ1) is 16.2. The number of alkyl carbamates (subject to hydrolysis) is 1. The van der Waals surface area contributed by atoms with Crippen molar-refractivity contribution in [2.45, 2.75) is 29.5 Å². The molecule has 0 unspecified atom stereocenters. The molecular formula is C20H20BrNO5. The Bertz CT molecular complexity index is 857. The van der Waals surface area contributed by atoms with Crippen LogP contribution in [-0.2, 0) is 9.47 Å². The van der Waals surface area contributed by atoms with Gasteiger partial charge in [0.25, 0.3) is 0 Å². The third kappa shape index (κ3) is 2.12. The van der Waals surface area contributed by atoms with Crippen molar-refractivity contribution in [2.24, 2.45) is 23.7 Å². The molecule has 2 aliphatic heterocycles. The molecule has 1 N–H and O–H groups in total. The van der Waals surface area contributed by atoms with Crippen LogP contribution in [0, 0.1) is 23.7 Å². The topological polar surface area (TPSA) is 66.0 Å². The van der Waals surface area contributed by atoms with Crippen molar-refractivity contribution in [3.05, 3.63) is 29.8 Å². The minimum Gasteiger partial charge on any atom is -0.454 e. The number of methoxy groups -OCH3 is 1. The lowest BCUT2D eigenvalue weighted by molar-refractivity contribution is 0.0274. The summed E-state index contributed by atoms with van der Waals surface area (Å²) in [5.74, 6) is 3.61. The lowest BCUT2D eigenvalue weighted by Crippen LogP contribution is -2.50. The van der Waals surface area contributed by atoms with Crippen LogP contribution in [0.25, 0.3) is 5.57 Å². The molecule has 2 bridgehead atoms. The summed E-state index contributed by atoms with van der Waals surface area (Å²) in [6, 6.07) is 5.73. The minimum absolute atomic E-state index is 0.0259. The number of allylic oxidation sites excluding steroid dienone is 1. The SMILES string of the molecule is COC(=O)N[C@@H]1C(c2ccc3c(c2)OCO3)=C[C@H]2[C@@H]3C[C@H]4[C@H](O[C@@H]1[C@@H]24)[C@H]3Br. The first-order chi connectivity index (χ1) is 13.2.